The zero-order chi connectivity index (χ0) is 24.9. The van der Waals surface area contributed by atoms with Crippen molar-refractivity contribution in [3.8, 4) is 11.5 Å². The maximum Gasteiger partial charge on any atom is 0.263 e. The summed E-state index contributed by atoms with van der Waals surface area (Å²) in [6, 6.07) is 11.4. The van der Waals surface area contributed by atoms with Crippen molar-refractivity contribution in [1.82, 2.24) is 10.0 Å². The van der Waals surface area contributed by atoms with Crippen molar-refractivity contribution in [1.29, 1.82) is 0 Å². The van der Waals surface area contributed by atoms with E-state index in [-0.39, 0.29) is 29.1 Å². The van der Waals surface area contributed by atoms with Gasteiger partial charge < -0.3 is 14.8 Å². The van der Waals surface area contributed by atoms with Gasteiger partial charge in [-0.3, -0.25) is 14.5 Å². The standard InChI is InChI=1S/C25H33N3O5S/c1-16(2)12-13-33-20-11-10-18(14-21(20)32-5)15-26-25(29)23(17(3)4)27-24-19-8-6-7-9-22(19)34(30,31)28-24/h6-11,14,16-17,23H,12-13,15H2,1-5H3,(H,26,29)(H,27,28)/t23-/m0/s1. The highest BCUT2D eigenvalue weighted by Crippen LogP contribution is 2.28. The molecule has 0 saturated carbocycles. The Bertz CT molecular complexity index is 1160. The summed E-state index contributed by atoms with van der Waals surface area (Å²) in [5.74, 6) is 1.57. The monoisotopic (exact) mass is 487 g/mol. The Hall–Kier alpha value is -3.07. The van der Waals surface area contributed by atoms with Crippen LogP contribution in [-0.2, 0) is 21.4 Å². The Morgan fingerprint density at radius 2 is 1.82 bits per heavy atom. The molecule has 3 rings (SSSR count). The predicted octanol–water partition coefficient (Wildman–Crippen LogP) is 3.50. The highest BCUT2D eigenvalue weighted by molar-refractivity contribution is 7.90. The van der Waals surface area contributed by atoms with Gasteiger partial charge in [-0.1, -0.05) is 45.9 Å². The summed E-state index contributed by atoms with van der Waals surface area (Å²) >= 11 is 0. The van der Waals surface area contributed by atoms with Gasteiger partial charge in [0.15, 0.2) is 11.5 Å². The lowest BCUT2D eigenvalue weighted by Gasteiger charge is -2.18. The molecule has 1 atom stereocenters. The number of methoxy groups -OCH3 is 1. The second-order valence-electron chi connectivity index (χ2n) is 9.00. The predicted molar refractivity (Wildman–Crippen MR) is 132 cm³/mol. The van der Waals surface area contributed by atoms with Crippen LogP contribution >= 0.6 is 0 Å². The van der Waals surface area contributed by atoms with Gasteiger partial charge in [0, 0.05) is 12.1 Å². The molecular formula is C25H33N3O5S. The molecule has 9 heteroatoms. The molecule has 34 heavy (non-hydrogen) atoms. The lowest BCUT2D eigenvalue weighted by Crippen LogP contribution is -2.38. The van der Waals surface area contributed by atoms with Gasteiger partial charge in [0.2, 0.25) is 5.91 Å². The Kier molecular flexibility index (Phi) is 8.19. The van der Waals surface area contributed by atoms with E-state index in [0.717, 1.165) is 12.0 Å². The van der Waals surface area contributed by atoms with Crippen LogP contribution in [0.4, 0.5) is 0 Å². The summed E-state index contributed by atoms with van der Waals surface area (Å²) in [6.45, 7) is 8.90. The van der Waals surface area contributed by atoms with E-state index in [2.05, 4.69) is 28.9 Å². The molecule has 0 aromatic heterocycles. The largest absolute Gasteiger partial charge is 0.493 e. The molecule has 184 valence electrons. The average molecular weight is 488 g/mol. The van der Waals surface area contributed by atoms with E-state index in [1.165, 1.54) is 6.07 Å². The number of benzene rings is 2. The van der Waals surface area contributed by atoms with Crippen LogP contribution in [-0.4, -0.2) is 39.9 Å². The number of ether oxygens (including phenoxy) is 2. The minimum atomic E-state index is -3.67. The van der Waals surface area contributed by atoms with E-state index in [1.54, 1.807) is 25.3 Å². The van der Waals surface area contributed by atoms with Crippen molar-refractivity contribution in [2.45, 2.75) is 51.6 Å². The van der Waals surface area contributed by atoms with E-state index >= 15 is 0 Å². The second-order valence-corrected chi connectivity index (χ2v) is 10.7. The third-order valence-electron chi connectivity index (χ3n) is 5.48. The second kappa shape index (κ2) is 10.9. The van der Waals surface area contributed by atoms with Crippen LogP contribution in [0.3, 0.4) is 0 Å². The molecule has 0 aliphatic carbocycles. The lowest BCUT2D eigenvalue weighted by molar-refractivity contribution is -0.123. The molecule has 1 amide bonds. The van der Waals surface area contributed by atoms with Crippen LogP contribution in [0.25, 0.3) is 0 Å². The molecule has 0 saturated heterocycles. The van der Waals surface area contributed by atoms with Crippen LogP contribution in [0.15, 0.2) is 52.4 Å². The highest BCUT2D eigenvalue weighted by Gasteiger charge is 2.32. The van der Waals surface area contributed by atoms with Crippen LogP contribution in [0, 0.1) is 11.8 Å². The lowest BCUT2D eigenvalue weighted by atomic mass is 10.0. The Morgan fingerprint density at radius 3 is 2.50 bits per heavy atom. The first-order valence-corrected chi connectivity index (χ1v) is 12.9. The zero-order valence-electron chi connectivity index (χ0n) is 20.3. The van der Waals surface area contributed by atoms with Crippen molar-refractivity contribution in [2.24, 2.45) is 16.8 Å². The van der Waals surface area contributed by atoms with Crippen molar-refractivity contribution in [3.63, 3.8) is 0 Å². The number of rotatable bonds is 10. The third kappa shape index (κ3) is 6.08. The molecule has 0 bridgehead atoms. The Morgan fingerprint density at radius 1 is 1.09 bits per heavy atom. The zero-order valence-corrected chi connectivity index (χ0v) is 21.1. The fourth-order valence-electron chi connectivity index (χ4n) is 3.52. The molecule has 2 N–H and O–H groups in total. The van der Waals surface area contributed by atoms with Crippen LogP contribution < -0.4 is 19.5 Å². The van der Waals surface area contributed by atoms with Crippen molar-refractivity contribution in [2.75, 3.05) is 13.7 Å². The molecule has 0 spiro atoms. The minimum Gasteiger partial charge on any atom is -0.493 e. The quantitative estimate of drug-likeness (QED) is 0.534. The Balaban J connectivity index is 1.71. The number of nitrogens with one attached hydrogen (secondary N) is 2. The van der Waals surface area contributed by atoms with Gasteiger partial charge in [0.1, 0.15) is 11.9 Å². The first-order valence-electron chi connectivity index (χ1n) is 11.4. The number of fused-ring (bicyclic) bond motifs is 1. The molecule has 2 aromatic rings. The molecule has 8 nitrogen and oxygen atoms in total. The molecule has 0 unspecified atom stereocenters. The normalized spacial score (nSPS) is 16.3. The summed E-state index contributed by atoms with van der Waals surface area (Å²) in [7, 11) is -2.09. The number of sulfonamides is 1. The molecule has 1 heterocycles. The van der Waals surface area contributed by atoms with Crippen molar-refractivity contribution >= 4 is 21.8 Å². The number of carbonyl (C=O) groups is 1. The maximum absolute atomic E-state index is 13.0. The number of nitrogens with zero attached hydrogens (tertiary/aromatic N) is 1. The fourth-order valence-corrected chi connectivity index (χ4v) is 4.76. The minimum absolute atomic E-state index is 0.143. The summed E-state index contributed by atoms with van der Waals surface area (Å²) in [5, 5.41) is 2.91. The summed E-state index contributed by atoms with van der Waals surface area (Å²) < 4.78 is 38.5. The maximum atomic E-state index is 13.0. The van der Waals surface area contributed by atoms with E-state index in [1.807, 2.05) is 32.0 Å². The Labute approximate surface area is 201 Å². The molecule has 0 radical (unpaired) electrons. The number of carbonyl (C=O) groups excluding carboxylic acids is 1. The topological polar surface area (TPSA) is 106 Å². The molecule has 2 aromatic carbocycles. The smallest absolute Gasteiger partial charge is 0.263 e. The SMILES string of the molecule is COc1cc(CNC(=O)[C@@H](N=C2NS(=O)(=O)c3ccccc32)C(C)C)ccc1OCCC(C)C. The highest BCUT2D eigenvalue weighted by atomic mass is 32.2. The van der Waals surface area contributed by atoms with Gasteiger partial charge in [-0.15, -0.1) is 0 Å². The van der Waals surface area contributed by atoms with Gasteiger partial charge in [-0.25, -0.2) is 8.42 Å². The molecule has 1 aliphatic rings. The van der Waals surface area contributed by atoms with Gasteiger partial charge in [0.25, 0.3) is 10.0 Å². The summed E-state index contributed by atoms with van der Waals surface area (Å²) in [4.78, 5) is 17.7. The number of hydrogen-bond donors (Lipinski definition) is 2. The van der Waals surface area contributed by atoms with E-state index < -0.39 is 16.1 Å². The van der Waals surface area contributed by atoms with Crippen LogP contribution in [0.1, 0.15) is 45.2 Å². The molecule has 0 fully saturated rings. The first-order chi connectivity index (χ1) is 16.1. The van der Waals surface area contributed by atoms with Crippen LogP contribution in [0.2, 0.25) is 0 Å². The molecular weight excluding hydrogens is 454 g/mol. The van der Waals surface area contributed by atoms with Crippen LogP contribution in [0.5, 0.6) is 11.5 Å². The van der Waals surface area contributed by atoms with Gasteiger partial charge in [0.05, 0.1) is 18.6 Å². The summed E-state index contributed by atoms with van der Waals surface area (Å²) in [5.41, 5.74) is 1.32. The van der Waals surface area contributed by atoms with Crippen molar-refractivity contribution < 1.29 is 22.7 Å². The third-order valence-corrected chi connectivity index (χ3v) is 6.88. The van der Waals surface area contributed by atoms with E-state index in [4.69, 9.17) is 9.47 Å². The van der Waals surface area contributed by atoms with Gasteiger partial charge in [-0.05, 0) is 48.1 Å². The number of amides is 1. The average Bonchev–Trinajstić information content (AvgIpc) is 3.06. The van der Waals surface area contributed by atoms with Gasteiger partial charge >= 0.3 is 0 Å². The first kappa shape index (κ1) is 25.6. The van der Waals surface area contributed by atoms with Gasteiger partial charge in [-0.2, -0.15) is 0 Å². The summed E-state index contributed by atoms with van der Waals surface area (Å²) in [6.07, 6.45) is 0.945. The number of amidine groups is 1. The van der Waals surface area contributed by atoms with Crippen molar-refractivity contribution in [3.05, 3.63) is 53.6 Å². The number of hydrogen-bond acceptors (Lipinski definition) is 6. The van der Waals surface area contributed by atoms with E-state index in [9.17, 15) is 13.2 Å². The van der Waals surface area contributed by atoms with E-state index in [0.29, 0.717) is 29.6 Å². The fraction of sp³-hybridized carbons (Fsp3) is 0.440. The molecule has 1 aliphatic heterocycles. The number of aliphatic imine (C=N–C) groups is 1.